The van der Waals surface area contributed by atoms with Gasteiger partial charge in [0.05, 0.1) is 17.9 Å². The maximum atomic E-state index is 12.1. The number of rotatable bonds is 5. The average Bonchev–Trinajstić information content (AvgIpc) is 2.63. The zero-order chi connectivity index (χ0) is 17.6. The Hall–Kier alpha value is -3.21. The van der Waals surface area contributed by atoms with Crippen molar-refractivity contribution in [2.45, 2.75) is 13.8 Å². The number of hydrogen-bond donors (Lipinski definition) is 0. The van der Waals surface area contributed by atoms with Gasteiger partial charge in [-0.2, -0.15) is 0 Å². The van der Waals surface area contributed by atoms with Gasteiger partial charge in [-0.05, 0) is 56.3 Å². The molecule has 0 aliphatic heterocycles. The van der Waals surface area contributed by atoms with Crippen molar-refractivity contribution in [1.82, 2.24) is 10.2 Å². The number of carbonyl (C=O) groups excluding carboxylic acids is 1. The van der Waals surface area contributed by atoms with E-state index in [0.717, 1.165) is 16.9 Å². The summed E-state index contributed by atoms with van der Waals surface area (Å²) in [6, 6.07) is 18.2. The van der Waals surface area contributed by atoms with Crippen LogP contribution < -0.4 is 9.47 Å². The minimum Gasteiger partial charge on any atom is -0.494 e. The summed E-state index contributed by atoms with van der Waals surface area (Å²) in [6.07, 6.45) is 0. The molecule has 0 amide bonds. The lowest BCUT2D eigenvalue weighted by Gasteiger charge is -2.06. The number of hydrogen-bond acceptors (Lipinski definition) is 5. The molecule has 0 atom stereocenters. The van der Waals surface area contributed by atoms with E-state index in [2.05, 4.69) is 10.2 Å². The topological polar surface area (TPSA) is 61.3 Å². The van der Waals surface area contributed by atoms with Crippen LogP contribution in [-0.4, -0.2) is 22.8 Å². The van der Waals surface area contributed by atoms with E-state index in [9.17, 15) is 4.79 Å². The van der Waals surface area contributed by atoms with Gasteiger partial charge in [0.25, 0.3) is 0 Å². The Morgan fingerprint density at radius 1 is 1.00 bits per heavy atom. The molecule has 5 nitrogen and oxygen atoms in total. The lowest BCUT2D eigenvalue weighted by Crippen LogP contribution is -2.10. The molecule has 0 saturated heterocycles. The molecule has 0 aliphatic carbocycles. The van der Waals surface area contributed by atoms with Crippen molar-refractivity contribution in [1.29, 1.82) is 0 Å². The van der Waals surface area contributed by atoms with Gasteiger partial charge in [0.2, 0.25) is 5.88 Å². The van der Waals surface area contributed by atoms with Gasteiger partial charge in [-0.25, -0.2) is 4.79 Å². The quantitative estimate of drug-likeness (QED) is 0.658. The second-order valence-corrected chi connectivity index (χ2v) is 5.47. The average molecular weight is 334 g/mol. The molecule has 0 saturated carbocycles. The lowest BCUT2D eigenvalue weighted by atomic mass is 10.1. The molecule has 0 fully saturated rings. The first kappa shape index (κ1) is 16.6. The molecule has 3 aromatic rings. The monoisotopic (exact) mass is 334 g/mol. The largest absolute Gasteiger partial charge is 0.494 e. The smallest absolute Gasteiger partial charge is 0.344 e. The Kier molecular flexibility index (Phi) is 5.04. The third-order valence-electron chi connectivity index (χ3n) is 3.55. The molecular formula is C20H18N2O3. The molecule has 0 radical (unpaired) electrons. The van der Waals surface area contributed by atoms with Crippen LogP contribution in [0, 0.1) is 6.92 Å². The second-order valence-electron chi connectivity index (χ2n) is 5.47. The normalized spacial score (nSPS) is 10.3. The molecule has 0 aliphatic rings. The Labute approximate surface area is 146 Å². The molecule has 0 spiro atoms. The highest BCUT2D eigenvalue weighted by Gasteiger charge is 2.10. The lowest BCUT2D eigenvalue weighted by molar-refractivity contribution is 0.0725. The van der Waals surface area contributed by atoms with Crippen LogP contribution in [0.15, 0.2) is 60.7 Å². The Balaban J connectivity index is 1.70. The number of benzene rings is 2. The van der Waals surface area contributed by atoms with Crippen molar-refractivity contribution in [2.24, 2.45) is 0 Å². The SMILES string of the molecule is CCOc1ccc(-c2ccc(OC(=O)c3cccc(C)c3)nn2)cc1. The van der Waals surface area contributed by atoms with Crippen molar-refractivity contribution in [3.05, 3.63) is 71.8 Å². The van der Waals surface area contributed by atoms with Crippen LogP contribution in [0.3, 0.4) is 0 Å². The highest BCUT2D eigenvalue weighted by atomic mass is 16.5. The van der Waals surface area contributed by atoms with Crippen molar-refractivity contribution < 1.29 is 14.3 Å². The van der Waals surface area contributed by atoms with Crippen molar-refractivity contribution in [3.63, 3.8) is 0 Å². The van der Waals surface area contributed by atoms with Gasteiger partial charge in [-0.3, -0.25) is 0 Å². The van der Waals surface area contributed by atoms with E-state index in [1.165, 1.54) is 0 Å². The molecule has 2 aromatic carbocycles. The van der Waals surface area contributed by atoms with Crippen LogP contribution in [0.25, 0.3) is 11.3 Å². The van der Waals surface area contributed by atoms with Crippen LogP contribution in [0.5, 0.6) is 11.6 Å². The van der Waals surface area contributed by atoms with Crippen LogP contribution in [0.1, 0.15) is 22.8 Å². The molecule has 25 heavy (non-hydrogen) atoms. The van der Waals surface area contributed by atoms with Crippen LogP contribution in [-0.2, 0) is 0 Å². The van der Waals surface area contributed by atoms with Crippen molar-refractivity contribution in [3.8, 4) is 22.9 Å². The first-order valence-corrected chi connectivity index (χ1v) is 8.01. The van der Waals surface area contributed by atoms with Crippen LogP contribution >= 0.6 is 0 Å². The van der Waals surface area contributed by atoms with E-state index in [1.807, 2.05) is 50.2 Å². The third-order valence-corrected chi connectivity index (χ3v) is 3.55. The summed E-state index contributed by atoms with van der Waals surface area (Å²) >= 11 is 0. The molecule has 0 N–H and O–H groups in total. The number of ether oxygens (including phenoxy) is 2. The number of esters is 1. The summed E-state index contributed by atoms with van der Waals surface area (Å²) in [5.41, 5.74) is 3.08. The standard InChI is InChI=1S/C20H18N2O3/c1-3-24-17-9-7-15(8-10-17)18-11-12-19(22-21-18)25-20(23)16-6-4-5-14(2)13-16/h4-13H,3H2,1-2H3. The molecule has 1 aromatic heterocycles. The maximum absolute atomic E-state index is 12.1. The molecule has 0 unspecified atom stereocenters. The first-order chi connectivity index (χ1) is 12.2. The molecular weight excluding hydrogens is 316 g/mol. The fraction of sp³-hybridized carbons (Fsp3) is 0.150. The van der Waals surface area contributed by atoms with Crippen molar-refractivity contribution in [2.75, 3.05) is 6.61 Å². The van der Waals surface area contributed by atoms with Gasteiger partial charge in [0, 0.05) is 11.6 Å². The minimum absolute atomic E-state index is 0.168. The van der Waals surface area contributed by atoms with Gasteiger partial charge >= 0.3 is 5.97 Å². The fourth-order valence-electron chi connectivity index (χ4n) is 2.34. The van der Waals surface area contributed by atoms with E-state index in [-0.39, 0.29) is 5.88 Å². The summed E-state index contributed by atoms with van der Waals surface area (Å²) in [6.45, 7) is 4.48. The number of aryl methyl sites for hydroxylation is 1. The van der Waals surface area contributed by atoms with E-state index < -0.39 is 5.97 Å². The summed E-state index contributed by atoms with van der Waals surface area (Å²) in [5.74, 6) is 0.524. The van der Waals surface area contributed by atoms with E-state index >= 15 is 0 Å². The molecule has 3 rings (SSSR count). The summed E-state index contributed by atoms with van der Waals surface area (Å²) < 4.78 is 10.7. The summed E-state index contributed by atoms with van der Waals surface area (Å²) in [7, 11) is 0. The first-order valence-electron chi connectivity index (χ1n) is 8.01. The van der Waals surface area contributed by atoms with E-state index in [1.54, 1.807) is 24.3 Å². The zero-order valence-corrected chi connectivity index (χ0v) is 14.1. The van der Waals surface area contributed by atoms with Gasteiger partial charge in [0.15, 0.2) is 0 Å². The second kappa shape index (κ2) is 7.57. The van der Waals surface area contributed by atoms with Gasteiger partial charge in [-0.15, -0.1) is 10.2 Å². The summed E-state index contributed by atoms with van der Waals surface area (Å²) in [4.78, 5) is 12.1. The summed E-state index contributed by atoms with van der Waals surface area (Å²) in [5, 5.41) is 8.10. The minimum atomic E-state index is -0.452. The number of nitrogens with zero attached hydrogens (tertiary/aromatic N) is 2. The Morgan fingerprint density at radius 3 is 2.44 bits per heavy atom. The van der Waals surface area contributed by atoms with Gasteiger partial charge in [0.1, 0.15) is 5.75 Å². The fourth-order valence-corrected chi connectivity index (χ4v) is 2.34. The maximum Gasteiger partial charge on any atom is 0.344 e. The van der Waals surface area contributed by atoms with Crippen LogP contribution in [0.4, 0.5) is 0 Å². The molecule has 0 bridgehead atoms. The van der Waals surface area contributed by atoms with Gasteiger partial charge in [-0.1, -0.05) is 17.7 Å². The van der Waals surface area contributed by atoms with Gasteiger partial charge < -0.3 is 9.47 Å². The molecule has 5 heteroatoms. The number of carbonyl (C=O) groups is 1. The van der Waals surface area contributed by atoms with E-state index in [0.29, 0.717) is 17.9 Å². The number of aromatic nitrogens is 2. The Bertz CT molecular complexity index is 859. The highest BCUT2D eigenvalue weighted by molar-refractivity contribution is 5.91. The predicted octanol–water partition coefficient (Wildman–Crippen LogP) is 4.07. The predicted molar refractivity (Wildman–Crippen MR) is 94.8 cm³/mol. The van der Waals surface area contributed by atoms with Crippen molar-refractivity contribution >= 4 is 5.97 Å². The zero-order valence-electron chi connectivity index (χ0n) is 14.1. The molecule has 126 valence electrons. The highest BCUT2D eigenvalue weighted by Crippen LogP contribution is 2.21. The van der Waals surface area contributed by atoms with E-state index in [4.69, 9.17) is 9.47 Å². The third kappa shape index (κ3) is 4.20. The Morgan fingerprint density at radius 2 is 1.80 bits per heavy atom. The van der Waals surface area contributed by atoms with Crippen LogP contribution in [0.2, 0.25) is 0 Å². The molecule has 1 heterocycles.